The number of carbonyl (C=O) groups excluding carboxylic acids is 2. The molecule has 0 amide bonds. The monoisotopic (exact) mass is 418 g/mol. The van der Waals surface area contributed by atoms with E-state index in [1.165, 1.54) is 5.57 Å². The molecule has 0 aromatic carbocycles. The Morgan fingerprint density at radius 1 is 1.27 bits per heavy atom. The van der Waals surface area contributed by atoms with Crippen molar-refractivity contribution in [1.82, 2.24) is 0 Å². The minimum Gasteiger partial charge on any atom is -0.462 e. The predicted octanol–water partition coefficient (Wildman–Crippen LogP) is 4.59. The van der Waals surface area contributed by atoms with Gasteiger partial charge >= 0.3 is 11.9 Å². The molecular weight excluding hydrogens is 380 g/mol. The smallest absolute Gasteiger partial charge is 0.311 e. The molecule has 0 spiro atoms. The molecule has 1 fully saturated rings. The molecule has 3 aliphatic rings. The lowest BCUT2D eigenvalue weighted by Crippen LogP contribution is -2.43. The third-order valence-corrected chi connectivity index (χ3v) is 7.35. The topological polar surface area (TPSA) is 72.8 Å². The third-order valence-electron chi connectivity index (χ3n) is 7.35. The number of aliphatic hydroxyl groups is 1. The van der Waals surface area contributed by atoms with Crippen molar-refractivity contribution in [3.05, 3.63) is 23.8 Å². The van der Waals surface area contributed by atoms with E-state index in [-0.39, 0.29) is 36.5 Å². The van der Waals surface area contributed by atoms with E-state index in [1.54, 1.807) is 0 Å². The quantitative estimate of drug-likeness (QED) is 0.639. The molecule has 0 saturated carbocycles. The van der Waals surface area contributed by atoms with Gasteiger partial charge in [0.25, 0.3) is 0 Å². The minimum absolute atomic E-state index is 0.0949. The zero-order chi connectivity index (χ0) is 22.1. The molecule has 1 heterocycles. The Bertz CT molecular complexity index is 706. The molecule has 30 heavy (non-hydrogen) atoms. The van der Waals surface area contributed by atoms with Crippen LogP contribution < -0.4 is 0 Å². The Morgan fingerprint density at radius 2 is 2.00 bits per heavy atom. The van der Waals surface area contributed by atoms with Crippen molar-refractivity contribution in [2.45, 2.75) is 91.5 Å². The largest absolute Gasteiger partial charge is 0.462 e. The van der Waals surface area contributed by atoms with Crippen molar-refractivity contribution in [3.8, 4) is 0 Å². The molecule has 168 valence electrons. The van der Waals surface area contributed by atoms with Crippen molar-refractivity contribution < 1.29 is 24.2 Å². The van der Waals surface area contributed by atoms with Crippen molar-refractivity contribution in [1.29, 1.82) is 0 Å². The fraction of sp³-hybridized carbons (Fsp3) is 0.760. The van der Waals surface area contributed by atoms with Crippen LogP contribution in [0, 0.1) is 29.1 Å². The van der Waals surface area contributed by atoms with E-state index in [0.717, 1.165) is 25.7 Å². The maximum Gasteiger partial charge on any atom is 0.311 e. The molecule has 0 radical (unpaired) electrons. The lowest BCUT2D eigenvalue weighted by atomic mass is 9.65. The number of esters is 2. The van der Waals surface area contributed by atoms with Gasteiger partial charge in [0.05, 0.1) is 17.9 Å². The highest BCUT2D eigenvalue weighted by Gasteiger charge is 2.43. The Labute approximate surface area is 180 Å². The van der Waals surface area contributed by atoms with E-state index < -0.39 is 11.5 Å². The van der Waals surface area contributed by atoms with Crippen molar-refractivity contribution in [3.63, 3.8) is 0 Å². The fourth-order valence-electron chi connectivity index (χ4n) is 5.08. The van der Waals surface area contributed by atoms with Gasteiger partial charge in [-0.25, -0.2) is 0 Å². The van der Waals surface area contributed by atoms with E-state index in [2.05, 4.69) is 32.1 Å². The summed E-state index contributed by atoms with van der Waals surface area (Å²) in [7, 11) is 0. The van der Waals surface area contributed by atoms with Crippen LogP contribution in [0.5, 0.6) is 0 Å². The zero-order valence-corrected chi connectivity index (χ0v) is 19.1. The molecular formula is C25H38O5. The highest BCUT2D eigenvalue weighted by molar-refractivity contribution is 5.76. The van der Waals surface area contributed by atoms with Gasteiger partial charge in [-0.15, -0.1) is 0 Å². The van der Waals surface area contributed by atoms with Crippen LogP contribution >= 0.6 is 0 Å². The number of cyclic esters (lactones) is 1. The van der Waals surface area contributed by atoms with Crippen LogP contribution in [0.1, 0.15) is 73.1 Å². The van der Waals surface area contributed by atoms with E-state index >= 15 is 0 Å². The lowest BCUT2D eigenvalue weighted by Gasteiger charge is -2.44. The number of fused-ring (bicyclic) bond motifs is 1. The van der Waals surface area contributed by atoms with Crippen molar-refractivity contribution >= 4 is 11.9 Å². The molecule has 1 N–H and O–H groups in total. The lowest BCUT2D eigenvalue weighted by molar-refractivity contribution is -0.166. The molecule has 1 aliphatic heterocycles. The first kappa shape index (κ1) is 23.1. The highest BCUT2D eigenvalue weighted by Crippen LogP contribution is 2.45. The zero-order valence-electron chi connectivity index (χ0n) is 19.1. The van der Waals surface area contributed by atoms with Crippen LogP contribution in [0.4, 0.5) is 0 Å². The van der Waals surface area contributed by atoms with Crippen LogP contribution in [-0.2, 0) is 19.1 Å². The van der Waals surface area contributed by atoms with Gasteiger partial charge < -0.3 is 14.6 Å². The van der Waals surface area contributed by atoms with Crippen molar-refractivity contribution in [2.24, 2.45) is 29.1 Å². The number of ether oxygens (including phenoxy) is 2. The van der Waals surface area contributed by atoms with Crippen LogP contribution in [0.3, 0.4) is 0 Å². The standard InChI is InChI=1S/C25H38O5/c1-6-25(4,5)24(28)30-21-12-15(2)11-17-8-7-16(3)20(23(17)21)10-9-19-13-18(26)14-22(27)29-19/h7-8,11,15-16,18-21,23,26H,6,9-10,12-14H2,1-5H3/t15-,16-,18+,19+,20-,21-,23-/m1/s1. The molecule has 0 bridgehead atoms. The summed E-state index contributed by atoms with van der Waals surface area (Å²) in [5.41, 5.74) is 0.785. The van der Waals surface area contributed by atoms with E-state index in [0.29, 0.717) is 24.2 Å². The SMILES string of the molecule is CCC(C)(C)C(=O)O[C@@H]1C[C@H](C)C=C2C=C[C@@H](C)[C@@H](CC[C@H]3C[C@H](O)CC(=O)O3)[C@@H]21. The van der Waals surface area contributed by atoms with Gasteiger partial charge in [0.2, 0.25) is 0 Å². The molecule has 5 heteroatoms. The Hall–Kier alpha value is -1.62. The molecule has 3 rings (SSSR count). The number of allylic oxidation sites excluding steroid dienone is 3. The number of carbonyl (C=O) groups is 2. The molecule has 0 aromatic heterocycles. The molecule has 0 aromatic rings. The average molecular weight is 419 g/mol. The maximum atomic E-state index is 12.9. The van der Waals surface area contributed by atoms with E-state index in [9.17, 15) is 14.7 Å². The summed E-state index contributed by atoms with van der Waals surface area (Å²) in [4.78, 5) is 24.6. The minimum atomic E-state index is -0.601. The molecule has 5 nitrogen and oxygen atoms in total. The number of hydrogen-bond donors (Lipinski definition) is 1. The second-order valence-corrected chi connectivity index (χ2v) is 10.3. The average Bonchev–Trinajstić information content (AvgIpc) is 2.66. The van der Waals surface area contributed by atoms with Gasteiger partial charge in [-0.3, -0.25) is 9.59 Å². The molecule has 2 aliphatic carbocycles. The second kappa shape index (κ2) is 9.25. The van der Waals surface area contributed by atoms with Gasteiger partial charge in [0, 0.05) is 12.3 Å². The molecule has 7 atom stereocenters. The van der Waals surface area contributed by atoms with Gasteiger partial charge in [-0.2, -0.15) is 0 Å². The summed E-state index contributed by atoms with van der Waals surface area (Å²) in [5, 5.41) is 9.92. The van der Waals surface area contributed by atoms with E-state index in [4.69, 9.17) is 9.47 Å². The maximum absolute atomic E-state index is 12.9. The van der Waals surface area contributed by atoms with Gasteiger partial charge in [0.15, 0.2) is 0 Å². The van der Waals surface area contributed by atoms with Gasteiger partial charge in [-0.1, -0.05) is 39.0 Å². The summed E-state index contributed by atoms with van der Waals surface area (Å²) < 4.78 is 11.6. The summed E-state index contributed by atoms with van der Waals surface area (Å²) in [5.74, 6) is 0.776. The summed E-state index contributed by atoms with van der Waals surface area (Å²) >= 11 is 0. The normalized spacial score (nSPS) is 36.5. The molecule has 0 unspecified atom stereocenters. The summed E-state index contributed by atoms with van der Waals surface area (Å²) in [6.07, 6.45) is 9.61. The first-order valence-electron chi connectivity index (χ1n) is 11.6. The third kappa shape index (κ3) is 5.16. The van der Waals surface area contributed by atoms with Crippen LogP contribution in [0.2, 0.25) is 0 Å². The van der Waals surface area contributed by atoms with Gasteiger partial charge in [0.1, 0.15) is 12.2 Å². The number of hydrogen-bond acceptors (Lipinski definition) is 5. The Morgan fingerprint density at radius 3 is 2.67 bits per heavy atom. The first-order chi connectivity index (χ1) is 14.1. The Balaban J connectivity index is 1.76. The summed E-state index contributed by atoms with van der Waals surface area (Å²) in [6, 6.07) is 0. The van der Waals surface area contributed by atoms with E-state index in [1.807, 2.05) is 20.8 Å². The summed E-state index contributed by atoms with van der Waals surface area (Å²) in [6.45, 7) is 10.3. The first-order valence-corrected chi connectivity index (χ1v) is 11.6. The highest BCUT2D eigenvalue weighted by atomic mass is 16.6. The molecule has 1 saturated heterocycles. The van der Waals surface area contributed by atoms with Crippen LogP contribution in [0.15, 0.2) is 23.8 Å². The van der Waals surface area contributed by atoms with Crippen LogP contribution in [0.25, 0.3) is 0 Å². The fourth-order valence-corrected chi connectivity index (χ4v) is 5.08. The van der Waals surface area contributed by atoms with Crippen molar-refractivity contribution in [2.75, 3.05) is 0 Å². The second-order valence-electron chi connectivity index (χ2n) is 10.3. The number of aliphatic hydroxyl groups excluding tert-OH is 1. The Kier molecular flexibility index (Phi) is 7.11. The van der Waals surface area contributed by atoms with Gasteiger partial charge in [-0.05, 0) is 62.9 Å². The van der Waals surface area contributed by atoms with Crippen LogP contribution in [-0.4, -0.2) is 35.4 Å². The predicted molar refractivity (Wildman–Crippen MR) is 115 cm³/mol. The number of rotatable bonds is 6.